The number of aromatic nitrogens is 1. The van der Waals surface area contributed by atoms with Gasteiger partial charge in [0.2, 0.25) is 15.9 Å². The molecule has 0 spiro atoms. The van der Waals surface area contributed by atoms with Crippen LogP contribution in [0, 0.1) is 0 Å². The summed E-state index contributed by atoms with van der Waals surface area (Å²) in [6.45, 7) is 1.14. The second-order valence-corrected chi connectivity index (χ2v) is 10.4. The van der Waals surface area contributed by atoms with E-state index in [9.17, 15) is 13.2 Å². The summed E-state index contributed by atoms with van der Waals surface area (Å²) in [4.78, 5) is 17.0. The molecule has 1 amide bonds. The molecule has 9 heteroatoms. The Balaban J connectivity index is 1.41. The molecule has 29 heavy (non-hydrogen) atoms. The molecule has 1 N–H and O–H groups in total. The topological polar surface area (TPSA) is 79.4 Å². The van der Waals surface area contributed by atoms with Crippen molar-refractivity contribution >= 4 is 54.2 Å². The van der Waals surface area contributed by atoms with Crippen LogP contribution in [0.15, 0.2) is 47.4 Å². The maximum atomic E-state index is 12.7. The maximum Gasteiger partial charge on any atom is 0.243 e. The van der Waals surface area contributed by atoms with Gasteiger partial charge in [0, 0.05) is 18.1 Å². The predicted molar refractivity (Wildman–Crippen MR) is 116 cm³/mol. The average molecular weight is 450 g/mol. The van der Waals surface area contributed by atoms with Gasteiger partial charge in [-0.25, -0.2) is 13.4 Å². The highest BCUT2D eigenvalue weighted by Crippen LogP contribution is 2.28. The van der Waals surface area contributed by atoms with Crippen LogP contribution in [-0.2, 0) is 21.2 Å². The quantitative estimate of drug-likeness (QED) is 0.629. The number of thiazole rings is 1. The van der Waals surface area contributed by atoms with Crippen molar-refractivity contribution in [2.24, 2.45) is 0 Å². The number of nitrogens with zero attached hydrogens (tertiary/aromatic N) is 2. The molecule has 4 rings (SSSR count). The molecule has 152 valence electrons. The van der Waals surface area contributed by atoms with Gasteiger partial charge < -0.3 is 5.32 Å². The van der Waals surface area contributed by atoms with Gasteiger partial charge in [-0.05, 0) is 48.7 Å². The van der Waals surface area contributed by atoms with Crippen LogP contribution in [0.3, 0.4) is 0 Å². The van der Waals surface area contributed by atoms with Crippen LogP contribution in [0.5, 0.6) is 0 Å². The number of sulfonamides is 1. The number of nitrogens with one attached hydrogen (secondary N) is 1. The minimum atomic E-state index is -3.46. The van der Waals surface area contributed by atoms with E-state index < -0.39 is 10.0 Å². The number of hydrogen-bond donors (Lipinski definition) is 1. The van der Waals surface area contributed by atoms with Gasteiger partial charge >= 0.3 is 0 Å². The van der Waals surface area contributed by atoms with Gasteiger partial charge in [-0.3, -0.25) is 4.79 Å². The van der Waals surface area contributed by atoms with Gasteiger partial charge in [0.15, 0.2) is 5.13 Å². The molecule has 0 atom stereocenters. The maximum absolute atomic E-state index is 12.7. The van der Waals surface area contributed by atoms with Gasteiger partial charge in [-0.15, -0.1) is 0 Å². The van der Waals surface area contributed by atoms with E-state index in [0.29, 0.717) is 23.2 Å². The number of halogens is 1. The molecule has 3 aromatic rings. The van der Waals surface area contributed by atoms with Crippen molar-refractivity contribution in [2.45, 2.75) is 30.6 Å². The molecule has 6 nitrogen and oxygen atoms in total. The summed E-state index contributed by atoms with van der Waals surface area (Å²) in [7, 11) is -3.46. The summed E-state index contributed by atoms with van der Waals surface area (Å²) >= 11 is 7.34. The molecule has 1 aromatic heterocycles. The first kappa shape index (κ1) is 20.3. The summed E-state index contributed by atoms with van der Waals surface area (Å²) < 4.78 is 27.8. The van der Waals surface area contributed by atoms with E-state index in [1.807, 2.05) is 12.1 Å². The lowest BCUT2D eigenvalue weighted by Gasteiger charge is -2.25. The molecule has 0 bridgehead atoms. The number of benzene rings is 2. The fraction of sp³-hybridized carbons (Fsp3) is 0.300. The minimum absolute atomic E-state index is 0.140. The number of carbonyl (C=O) groups is 1. The first-order chi connectivity index (χ1) is 13.9. The van der Waals surface area contributed by atoms with Crippen molar-refractivity contribution in [3.63, 3.8) is 0 Å². The Morgan fingerprint density at radius 3 is 2.55 bits per heavy atom. The molecule has 1 aliphatic heterocycles. The molecule has 0 unspecified atom stereocenters. The lowest BCUT2D eigenvalue weighted by Crippen LogP contribution is -2.35. The fourth-order valence-electron chi connectivity index (χ4n) is 3.33. The van der Waals surface area contributed by atoms with Crippen LogP contribution in [0.4, 0.5) is 5.13 Å². The van der Waals surface area contributed by atoms with Crippen LogP contribution in [0.25, 0.3) is 10.2 Å². The first-order valence-corrected chi connectivity index (χ1v) is 12.0. The van der Waals surface area contributed by atoms with Crippen molar-refractivity contribution in [1.29, 1.82) is 0 Å². The summed E-state index contributed by atoms with van der Waals surface area (Å²) in [5.74, 6) is -0.207. The number of rotatable bonds is 5. The van der Waals surface area contributed by atoms with Crippen LogP contribution in [0.2, 0.25) is 5.02 Å². The van der Waals surface area contributed by atoms with Crippen molar-refractivity contribution in [2.75, 3.05) is 18.4 Å². The fourth-order valence-corrected chi connectivity index (χ4v) is 6.01. The summed E-state index contributed by atoms with van der Waals surface area (Å²) in [6.07, 6.45) is 3.01. The number of amides is 1. The van der Waals surface area contributed by atoms with E-state index >= 15 is 0 Å². The van der Waals surface area contributed by atoms with E-state index in [2.05, 4.69) is 10.3 Å². The van der Waals surface area contributed by atoms with Crippen LogP contribution < -0.4 is 5.32 Å². The smallest absolute Gasteiger partial charge is 0.243 e. The predicted octanol–water partition coefficient (Wildman–Crippen LogP) is 4.31. The van der Waals surface area contributed by atoms with E-state index in [4.69, 9.17) is 11.6 Å². The van der Waals surface area contributed by atoms with Crippen LogP contribution >= 0.6 is 22.9 Å². The molecule has 2 aromatic carbocycles. The van der Waals surface area contributed by atoms with E-state index in [0.717, 1.165) is 35.0 Å². The third kappa shape index (κ3) is 4.61. The highest BCUT2D eigenvalue weighted by molar-refractivity contribution is 7.89. The Morgan fingerprint density at radius 2 is 1.83 bits per heavy atom. The lowest BCUT2D eigenvalue weighted by atomic mass is 10.1. The summed E-state index contributed by atoms with van der Waals surface area (Å²) in [5.41, 5.74) is 1.52. The third-order valence-corrected chi connectivity index (χ3v) is 7.92. The molecule has 1 aliphatic rings. The number of carbonyl (C=O) groups excluding carboxylic acids is 1. The van der Waals surface area contributed by atoms with Crippen molar-refractivity contribution in [1.82, 2.24) is 9.29 Å². The van der Waals surface area contributed by atoms with Gasteiger partial charge in [-0.1, -0.05) is 41.5 Å². The van der Waals surface area contributed by atoms with Gasteiger partial charge in [0.05, 0.1) is 21.5 Å². The molecule has 0 aliphatic carbocycles. The minimum Gasteiger partial charge on any atom is -0.302 e. The second kappa shape index (κ2) is 8.39. The van der Waals surface area contributed by atoms with Crippen molar-refractivity contribution < 1.29 is 13.2 Å². The molecule has 1 fully saturated rings. The average Bonchev–Trinajstić information content (AvgIpc) is 3.10. The normalized spacial score (nSPS) is 15.5. The zero-order valence-electron chi connectivity index (χ0n) is 15.6. The van der Waals surface area contributed by atoms with Gasteiger partial charge in [0.1, 0.15) is 0 Å². The Labute approximate surface area is 178 Å². The van der Waals surface area contributed by atoms with Crippen molar-refractivity contribution in [3.8, 4) is 0 Å². The Hall–Kier alpha value is -2.00. The second-order valence-electron chi connectivity index (χ2n) is 6.96. The monoisotopic (exact) mass is 449 g/mol. The number of piperidine rings is 1. The lowest BCUT2D eigenvalue weighted by molar-refractivity contribution is -0.115. The van der Waals surface area contributed by atoms with E-state index in [1.54, 1.807) is 30.3 Å². The standard InChI is InChI=1S/C20H20ClN3O3S2/c21-15-6-9-17-18(13-15)28-20(22-17)23-19(25)12-14-4-7-16(8-5-14)29(26,27)24-10-2-1-3-11-24/h4-9,13H,1-3,10-12H2,(H,22,23,25). The van der Waals surface area contributed by atoms with Crippen LogP contribution in [0.1, 0.15) is 24.8 Å². The Kier molecular flexibility index (Phi) is 5.87. The molecular formula is C20H20ClN3O3S2. The Morgan fingerprint density at radius 1 is 1.10 bits per heavy atom. The molecule has 1 saturated heterocycles. The summed E-state index contributed by atoms with van der Waals surface area (Å²) in [6, 6.07) is 11.9. The van der Waals surface area contributed by atoms with Crippen molar-refractivity contribution in [3.05, 3.63) is 53.1 Å². The van der Waals surface area contributed by atoms with Crippen LogP contribution in [-0.4, -0.2) is 36.7 Å². The SMILES string of the molecule is O=C(Cc1ccc(S(=O)(=O)N2CCCCC2)cc1)Nc1nc2ccc(Cl)cc2s1. The highest BCUT2D eigenvalue weighted by Gasteiger charge is 2.25. The Bertz CT molecular complexity index is 1140. The zero-order valence-corrected chi connectivity index (χ0v) is 18.0. The molecule has 2 heterocycles. The van der Waals surface area contributed by atoms with E-state index in [-0.39, 0.29) is 17.2 Å². The van der Waals surface area contributed by atoms with Gasteiger partial charge in [0.25, 0.3) is 0 Å². The molecule has 0 radical (unpaired) electrons. The largest absolute Gasteiger partial charge is 0.302 e. The third-order valence-electron chi connectivity index (χ3n) is 4.84. The van der Waals surface area contributed by atoms with Gasteiger partial charge in [-0.2, -0.15) is 4.31 Å². The summed E-state index contributed by atoms with van der Waals surface area (Å²) in [5, 5.41) is 3.93. The molecule has 0 saturated carbocycles. The van der Waals surface area contributed by atoms with E-state index in [1.165, 1.54) is 15.6 Å². The zero-order chi connectivity index (χ0) is 20.4. The number of anilines is 1. The molecular weight excluding hydrogens is 430 g/mol. The first-order valence-electron chi connectivity index (χ1n) is 9.37. The number of hydrogen-bond acceptors (Lipinski definition) is 5. The highest BCUT2D eigenvalue weighted by atomic mass is 35.5. The number of fused-ring (bicyclic) bond motifs is 1.